The van der Waals surface area contributed by atoms with E-state index in [-0.39, 0.29) is 29.3 Å². The highest BCUT2D eigenvalue weighted by molar-refractivity contribution is 7.93. The van der Waals surface area contributed by atoms with Gasteiger partial charge < -0.3 is 15.4 Å². The molecule has 0 saturated carbocycles. The van der Waals surface area contributed by atoms with Crippen LogP contribution in [0.3, 0.4) is 0 Å². The molecule has 2 aliphatic heterocycles. The van der Waals surface area contributed by atoms with E-state index in [1.165, 1.54) is 28.6 Å². The maximum absolute atomic E-state index is 14.3. The standard InChI is InChI=1S/C23H27FN4O5S/c24-20-6-5-18(16-21(20)26-22(29)7-9-27-10-12-33-13-11-27)25-23(30)17-3-1-4-19(15-17)28-8-2-14-34(28,31)32/h1,3-6,15-16H,2,7-14H2,(H,25,30)(H,26,29). The number of carbonyl (C=O) groups is 2. The van der Waals surface area contributed by atoms with Gasteiger partial charge in [0.1, 0.15) is 5.82 Å². The van der Waals surface area contributed by atoms with Gasteiger partial charge in [0.2, 0.25) is 15.9 Å². The van der Waals surface area contributed by atoms with Crippen LogP contribution in [0.2, 0.25) is 0 Å². The number of hydrogen-bond acceptors (Lipinski definition) is 6. The molecule has 2 aromatic carbocycles. The van der Waals surface area contributed by atoms with Gasteiger partial charge in [0.15, 0.2) is 0 Å². The number of morpholine rings is 1. The molecule has 0 aliphatic carbocycles. The molecule has 9 nitrogen and oxygen atoms in total. The number of benzene rings is 2. The molecule has 0 atom stereocenters. The van der Waals surface area contributed by atoms with Crippen LogP contribution in [-0.4, -0.2) is 70.3 Å². The lowest BCUT2D eigenvalue weighted by molar-refractivity contribution is -0.116. The molecule has 2 amide bonds. The molecule has 2 aromatic rings. The average Bonchev–Trinajstić information content (AvgIpc) is 3.19. The van der Waals surface area contributed by atoms with Crippen molar-refractivity contribution < 1.29 is 27.1 Å². The smallest absolute Gasteiger partial charge is 0.255 e. The van der Waals surface area contributed by atoms with Crippen molar-refractivity contribution >= 4 is 38.9 Å². The van der Waals surface area contributed by atoms with Crippen LogP contribution in [0.5, 0.6) is 0 Å². The number of nitrogens with one attached hydrogen (secondary N) is 2. The number of halogens is 1. The van der Waals surface area contributed by atoms with E-state index in [0.29, 0.717) is 44.1 Å². The molecule has 0 spiro atoms. The quantitative estimate of drug-likeness (QED) is 0.617. The Morgan fingerprint density at radius 1 is 1.03 bits per heavy atom. The topological polar surface area (TPSA) is 108 Å². The molecular formula is C23H27FN4O5S. The minimum atomic E-state index is -3.37. The van der Waals surface area contributed by atoms with Gasteiger partial charge in [-0.15, -0.1) is 0 Å². The van der Waals surface area contributed by atoms with Crippen molar-refractivity contribution in [1.29, 1.82) is 0 Å². The van der Waals surface area contributed by atoms with E-state index in [2.05, 4.69) is 15.5 Å². The molecule has 0 radical (unpaired) electrons. The van der Waals surface area contributed by atoms with Crippen LogP contribution in [0.25, 0.3) is 0 Å². The fourth-order valence-corrected chi connectivity index (χ4v) is 5.49. The van der Waals surface area contributed by atoms with Crippen molar-refractivity contribution in [3.63, 3.8) is 0 Å². The van der Waals surface area contributed by atoms with Gasteiger partial charge in [0.05, 0.1) is 30.3 Å². The first kappa shape index (κ1) is 24.1. The van der Waals surface area contributed by atoms with Gasteiger partial charge in [-0.25, -0.2) is 12.8 Å². The fourth-order valence-electron chi connectivity index (χ4n) is 3.93. The van der Waals surface area contributed by atoms with Crippen LogP contribution in [0.1, 0.15) is 23.2 Å². The third kappa shape index (κ3) is 5.91. The Morgan fingerprint density at radius 2 is 1.82 bits per heavy atom. The van der Waals surface area contributed by atoms with E-state index in [9.17, 15) is 22.4 Å². The first-order valence-corrected chi connectivity index (χ1v) is 12.7. The van der Waals surface area contributed by atoms with E-state index in [0.717, 1.165) is 13.1 Å². The molecule has 34 heavy (non-hydrogen) atoms. The Kier molecular flexibility index (Phi) is 7.44. The van der Waals surface area contributed by atoms with Crippen molar-refractivity contribution in [2.24, 2.45) is 0 Å². The third-order valence-corrected chi connectivity index (χ3v) is 7.62. The van der Waals surface area contributed by atoms with E-state index >= 15 is 0 Å². The summed E-state index contributed by atoms with van der Waals surface area (Å²) in [6.07, 6.45) is 0.748. The lowest BCUT2D eigenvalue weighted by Gasteiger charge is -2.26. The molecule has 2 fully saturated rings. The lowest BCUT2D eigenvalue weighted by atomic mass is 10.1. The highest BCUT2D eigenvalue weighted by Crippen LogP contribution is 2.26. The number of anilines is 3. The highest BCUT2D eigenvalue weighted by Gasteiger charge is 2.28. The van der Waals surface area contributed by atoms with E-state index in [1.54, 1.807) is 18.2 Å². The van der Waals surface area contributed by atoms with E-state index in [1.807, 2.05) is 0 Å². The second-order valence-electron chi connectivity index (χ2n) is 8.19. The molecule has 0 unspecified atom stereocenters. The fraction of sp³-hybridized carbons (Fsp3) is 0.391. The van der Waals surface area contributed by atoms with Crippen molar-refractivity contribution in [3.8, 4) is 0 Å². The van der Waals surface area contributed by atoms with Crippen LogP contribution in [0, 0.1) is 5.82 Å². The molecule has 0 aromatic heterocycles. The molecule has 2 N–H and O–H groups in total. The number of hydrogen-bond donors (Lipinski definition) is 2. The summed E-state index contributed by atoms with van der Waals surface area (Å²) in [6.45, 7) is 3.71. The van der Waals surface area contributed by atoms with Crippen molar-refractivity contribution in [3.05, 3.63) is 53.8 Å². The van der Waals surface area contributed by atoms with Gasteiger partial charge in [-0.05, 0) is 42.8 Å². The van der Waals surface area contributed by atoms with Gasteiger partial charge in [0, 0.05) is 43.9 Å². The normalized spacial score (nSPS) is 18.0. The summed E-state index contributed by atoms with van der Waals surface area (Å²) in [6, 6.07) is 10.3. The second-order valence-corrected chi connectivity index (χ2v) is 10.2. The van der Waals surface area contributed by atoms with Crippen LogP contribution < -0.4 is 14.9 Å². The van der Waals surface area contributed by atoms with Gasteiger partial charge in [-0.3, -0.25) is 18.8 Å². The molecule has 4 rings (SSSR count). The van der Waals surface area contributed by atoms with Crippen molar-refractivity contribution in [1.82, 2.24) is 4.90 Å². The number of rotatable bonds is 7. The number of sulfonamides is 1. The van der Waals surface area contributed by atoms with Gasteiger partial charge in [-0.1, -0.05) is 6.07 Å². The minimum absolute atomic E-state index is 0.0262. The average molecular weight is 491 g/mol. The number of amides is 2. The third-order valence-electron chi connectivity index (χ3n) is 5.75. The Balaban J connectivity index is 1.39. The minimum Gasteiger partial charge on any atom is -0.379 e. The second kappa shape index (κ2) is 10.5. The van der Waals surface area contributed by atoms with E-state index < -0.39 is 21.7 Å². The maximum atomic E-state index is 14.3. The van der Waals surface area contributed by atoms with E-state index in [4.69, 9.17) is 4.74 Å². The van der Waals surface area contributed by atoms with Crippen LogP contribution >= 0.6 is 0 Å². The molecule has 11 heteroatoms. The maximum Gasteiger partial charge on any atom is 0.255 e. The van der Waals surface area contributed by atoms with Crippen LogP contribution in [-0.2, 0) is 19.6 Å². The number of nitrogens with zero attached hydrogens (tertiary/aromatic N) is 2. The van der Waals surface area contributed by atoms with Crippen molar-refractivity contribution in [2.45, 2.75) is 12.8 Å². The van der Waals surface area contributed by atoms with Gasteiger partial charge in [-0.2, -0.15) is 0 Å². The molecule has 2 heterocycles. The predicted molar refractivity (Wildman–Crippen MR) is 127 cm³/mol. The van der Waals surface area contributed by atoms with Gasteiger partial charge in [0.25, 0.3) is 5.91 Å². The summed E-state index contributed by atoms with van der Waals surface area (Å²) < 4.78 is 45.2. The summed E-state index contributed by atoms with van der Waals surface area (Å²) in [7, 11) is -3.37. The molecule has 2 aliphatic rings. The first-order chi connectivity index (χ1) is 16.3. The van der Waals surface area contributed by atoms with Crippen LogP contribution in [0.4, 0.5) is 21.5 Å². The summed E-state index contributed by atoms with van der Waals surface area (Å²) >= 11 is 0. The Morgan fingerprint density at radius 3 is 2.56 bits per heavy atom. The number of carbonyl (C=O) groups excluding carboxylic acids is 2. The SMILES string of the molecule is O=C(CCN1CCOCC1)Nc1cc(NC(=O)c2cccc(N3CCCS3(=O)=O)c2)ccc1F. The molecule has 182 valence electrons. The summed E-state index contributed by atoms with van der Waals surface area (Å²) in [4.78, 5) is 27.2. The zero-order chi connectivity index (χ0) is 24.1. The summed E-state index contributed by atoms with van der Waals surface area (Å²) in [5.74, 6) is -1.33. The monoisotopic (exact) mass is 490 g/mol. The predicted octanol–water partition coefficient (Wildman–Crippen LogP) is 2.28. The Labute approximate surface area is 197 Å². The summed E-state index contributed by atoms with van der Waals surface area (Å²) in [5, 5.41) is 5.24. The zero-order valence-corrected chi connectivity index (χ0v) is 19.4. The molecule has 0 bridgehead atoms. The molecular weight excluding hydrogens is 463 g/mol. The largest absolute Gasteiger partial charge is 0.379 e. The molecule has 2 saturated heterocycles. The lowest BCUT2D eigenvalue weighted by Crippen LogP contribution is -2.38. The highest BCUT2D eigenvalue weighted by atomic mass is 32.2. The summed E-state index contributed by atoms with van der Waals surface area (Å²) in [5.41, 5.74) is 0.966. The Hall–Kier alpha value is -3.02. The van der Waals surface area contributed by atoms with Crippen LogP contribution in [0.15, 0.2) is 42.5 Å². The first-order valence-electron chi connectivity index (χ1n) is 11.1. The van der Waals surface area contributed by atoms with Crippen molar-refractivity contribution in [2.75, 3.05) is 60.1 Å². The number of ether oxygens (including phenoxy) is 1. The van der Waals surface area contributed by atoms with Gasteiger partial charge >= 0.3 is 0 Å². The Bertz CT molecular complexity index is 1170. The zero-order valence-electron chi connectivity index (χ0n) is 18.6.